The first-order chi connectivity index (χ1) is 16.7. The second-order valence-electron chi connectivity index (χ2n) is 8.40. The fourth-order valence-electron chi connectivity index (χ4n) is 3.60. The van der Waals surface area contributed by atoms with Crippen LogP contribution in [0.3, 0.4) is 0 Å². The zero-order chi connectivity index (χ0) is 25.3. The van der Waals surface area contributed by atoms with E-state index in [0.29, 0.717) is 31.1 Å². The van der Waals surface area contributed by atoms with Crippen molar-refractivity contribution in [1.82, 2.24) is 10.2 Å². The van der Waals surface area contributed by atoms with Crippen molar-refractivity contribution in [1.29, 1.82) is 0 Å². The van der Waals surface area contributed by atoms with Gasteiger partial charge in [0.1, 0.15) is 6.04 Å². The number of rotatable bonds is 12. The van der Waals surface area contributed by atoms with E-state index in [1.165, 1.54) is 24.3 Å². The second-order valence-corrected chi connectivity index (χ2v) is 10.1. The summed E-state index contributed by atoms with van der Waals surface area (Å²) in [5.74, 6) is -1.58. The molecule has 1 atom stereocenters. The van der Waals surface area contributed by atoms with E-state index in [0.717, 1.165) is 31.6 Å². The molecule has 3 rings (SSSR count). The third-order valence-electron chi connectivity index (χ3n) is 5.59. The summed E-state index contributed by atoms with van der Waals surface area (Å²) in [4.78, 5) is 26.3. The average molecular weight is 505 g/mol. The minimum absolute atomic E-state index is 0.0430. The molecule has 0 spiro atoms. The van der Waals surface area contributed by atoms with Crippen LogP contribution in [0.15, 0.2) is 53.4 Å². The number of carboxylic acid groups (broad SMARTS) is 1. The highest BCUT2D eigenvalue weighted by Crippen LogP contribution is 2.19. The molecule has 1 aliphatic heterocycles. The summed E-state index contributed by atoms with van der Waals surface area (Å²) in [5.41, 5.74) is 1.84. The molecule has 35 heavy (non-hydrogen) atoms. The molecule has 4 N–H and O–H groups in total. The fraction of sp³-hybridized carbons (Fsp3) is 0.417. The zero-order valence-corrected chi connectivity index (χ0v) is 20.5. The van der Waals surface area contributed by atoms with E-state index in [9.17, 15) is 23.1 Å². The quantitative estimate of drug-likeness (QED) is 0.322. The van der Waals surface area contributed by atoms with Crippen molar-refractivity contribution in [3.05, 3.63) is 54.1 Å². The molecule has 0 radical (unpaired) electrons. The topological polar surface area (TPSA) is 137 Å². The molecule has 1 amide bonds. The van der Waals surface area contributed by atoms with E-state index in [1.54, 1.807) is 24.3 Å². The molecule has 1 heterocycles. The Labute approximate surface area is 205 Å². The number of nitrogens with zero attached hydrogens (tertiary/aromatic N) is 1. The molecule has 1 unspecified atom stereocenters. The van der Waals surface area contributed by atoms with Gasteiger partial charge >= 0.3 is 5.97 Å². The van der Waals surface area contributed by atoms with Crippen molar-refractivity contribution >= 4 is 33.3 Å². The minimum Gasteiger partial charge on any atom is -0.480 e. The number of aryl methyl sites for hydroxylation is 1. The van der Waals surface area contributed by atoms with Crippen LogP contribution in [-0.4, -0.2) is 75.7 Å². The molecular formula is C24H32N4O6S. The maximum Gasteiger partial charge on any atom is 0.321 e. The molecular weight excluding hydrogens is 472 g/mol. The third-order valence-corrected chi connectivity index (χ3v) is 6.98. The van der Waals surface area contributed by atoms with Crippen LogP contribution in [-0.2, 0) is 24.3 Å². The normalized spacial score (nSPS) is 15.3. The van der Waals surface area contributed by atoms with E-state index in [2.05, 4.69) is 20.3 Å². The van der Waals surface area contributed by atoms with Crippen LogP contribution in [0.4, 0.5) is 11.4 Å². The van der Waals surface area contributed by atoms with Crippen LogP contribution in [0.2, 0.25) is 0 Å². The highest BCUT2D eigenvalue weighted by molar-refractivity contribution is 7.92. The van der Waals surface area contributed by atoms with Gasteiger partial charge in [-0.3, -0.25) is 19.2 Å². The van der Waals surface area contributed by atoms with Gasteiger partial charge in [0.15, 0.2) is 0 Å². The van der Waals surface area contributed by atoms with E-state index in [-0.39, 0.29) is 11.3 Å². The molecule has 0 bridgehead atoms. The number of carboxylic acids is 1. The predicted octanol–water partition coefficient (Wildman–Crippen LogP) is 1.89. The Bertz CT molecular complexity index is 1080. The van der Waals surface area contributed by atoms with Gasteiger partial charge < -0.3 is 20.5 Å². The van der Waals surface area contributed by atoms with Gasteiger partial charge in [-0.2, -0.15) is 0 Å². The lowest BCUT2D eigenvalue weighted by atomic mass is 10.2. The molecule has 2 aromatic rings. The molecule has 0 aromatic heterocycles. The first kappa shape index (κ1) is 26.6. The Morgan fingerprint density at radius 1 is 1.03 bits per heavy atom. The van der Waals surface area contributed by atoms with Crippen molar-refractivity contribution in [2.24, 2.45) is 0 Å². The summed E-state index contributed by atoms with van der Waals surface area (Å²) in [6, 6.07) is 11.6. The molecule has 1 aliphatic rings. The number of carbonyl (C=O) groups excluding carboxylic acids is 1. The van der Waals surface area contributed by atoms with E-state index in [4.69, 9.17) is 4.74 Å². The molecule has 10 nitrogen and oxygen atoms in total. The van der Waals surface area contributed by atoms with Crippen molar-refractivity contribution in [3.8, 4) is 0 Å². The molecule has 0 aliphatic carbocycles. The van der Waals surface area contributed by atoms with E-state index >= 15 is 0 Å². The van der Waals surface area contributed by atoms with Crippen LogP contribution >= 0.6 is 0 Å². The monoisotopic (exact) mass is 504 g/mol. The summed E-state index contributed by atoms with van der Waals surface area (Å²) in [5, 5.41) is 15.0. The van der Waals surface area contributed by atoms with Crippen LogP contribution < -0.4 is 15.4 Å². The first-order valence-corrected chi connectivity index (χ1v) is 13.0. The molecule has 1 saturated heterocycles. The Balaban J connectivity index is 1.47. The Kier molecular flexibility index (Phi) is 9.61. The number of ether oxygens (including phenoxy) is 1. The standard InChI is InChI=1S/C24H32N4O6S/c1-18-3-5-20(6-4-18)27-35(32,33)21-9-7-19(8-10-21)26-23(29)17-22(24(30)31)25-11-2-12-28-13-15-34-16-14-28/h3-10,22,25,27H,2,11-17H2,1H3,(H,26,29)(H,30,31). The molecule has 190 valence electrons. The number of amides is 1. The van der Waals surface area contributed by atoms with Crippen LogP contribution in [0.5, 0.6) is 0 Å². The van der Waals surface area contributed by atoms with Crippen LogP contribution in [0.1, 0.15) is 18.4 Å². The number of nitrogens with one attached hydrogen (secondary N) is 3. The SMILES string of the molecule is Cc1ccc(NS(=O)(=O)c2ccc(NC(=O)CC(NCCCN3CCOCC3)C(=O)O)cc2)cc1. The number of sulfonamides is 1. The van der Waals surface area contributed by atoms with Gasteiger partial charge in [-0.15, -0.1) is 0 Å². The van der Waals surface area contributed by atoms with Gasteiger partial charge in [0.25, 0.3) is 10.0 Å². The van der Waals surface area contributed by atoms with Crippen molar-refractivity contribution < 1.29 is 27.9 Å². The van der Waals surface area contributed by atoms with Gasteiger partial charge in [0.05, 0.1) is 24.5 Å². The van der Waals surface area contributed by atoms with Crippen LogP contribution in [0, 0.1) is 6.92 Å². The van der Waals surface area contributed by atoms with Gasteiger partial charge in [0.2, 0.25) is 5.91 Å². The Morgan fingerprint density at radius 3 is 2.29 bits per heavy atom. The van der Waals surface area contributed by atoms with Gasteiger partial charge in [-0.05, 0) is 62.8 Å². The third kappa shape index (κ3) is 8.62. The molecule has 11 heteroatoms. The number of benzene rings is 2. The smallest absolute Gasteiger partial charge is 0.321 e. The molecule has 0 saturated carbocycles. The lowest BCUT2D eigenvalue weighted by Gasteiger charge is -2.26. The van der Waals surface area contributed by atoms with Crippen molar-refractivity contribution in [2.75, 3.05) is 49.4 Å². The average Bonchev–Trinajstić information content (AvgIpc) is 2.83. The number of anilines is 2. The molecule has 1 fully saturated rings. The first-order valence-electron chi connectivity index (χ1n) is 11.5. The maximum absolute atomic E-state index is 12.6. The summed E-state index contributed by atoms with van der Waals surface area (Å²) >= 11 is 0. The Hall–Kier alpha value is -2.99. The molecule has 2 aromatic carbocycles. The van der Waals surface area contributed by atoms with Gasteiger partial charge in [-0.1, -0.05) is 17.7 Å². The fourth-order valence-corrected chi connectivity index (χ4v) is 4.66. The van der Waals surface area contributed by atoms with Crippen molar-refractivity contribution in [2.45, 2.75) is 30.7 Å². The number of aliphatic carboxylic acids is 1. The number of hydrogen-bond donors (Lipinski definition) is 4. The van der Waals surface area contributed by atoms with E-state index < -0.39 is 27.9 Å². The maximum atomic E-state index is 12.6. The van der Waals surface area contributed by atoms with Gasteiger partial charge in [-0.25, -0.2) is 8.42 Å². The summed E-state index contributed by atoms with van der Waals surface area (Å²) in [7, 11) is -3.78. The summed E-state index contributed by atoms with van der Waals surface area (Å²) in [6.07, 6.45) is 0.514. The summed E-state index contributed by atoms with van der Waals surface area (Å²) < 4.78 is 33.0. The Morgan fingerprint density at radius 2 is 1.66 bits per heavy atom. The minimum atomic E-state index is -3.78. The number of carbonyl (C=O) groups is 2. The van der Waals surface area contributed by atoms with Crippen molar-refractivity contribution in [3.63, 3.8) is 0 Å². The highest BCUT2D eigenvalue weighted by atomic mass is 32.2. The van der Waals surface area contributed by atoms with Crippen LogP contribution in [0.25, 0.3) is 0 Å². The van der Waals surface area contributed by atoms with E-state index in [1.807, 2.05) is 6.92 Å². The van der Waals surface area contributed by atoms with Gasteiger partial charge in [0, 0.05) is 24.5 Å². The summed E-state index contributed by atoms with van der Waals surface area (Å²) in [6.45, 7) is 6.38. The zero-order valence-electron chi connectivity index (χ0n) is 19.7. The lowest BCUT2D eigenvalue weighted by Crippen LogP contribution is -2.42. The lowest BCUT2D eigenvalue weighted by molar-refractivity contribution is -0.141. The second kappa shape index (κ2) is 12.6. The highest BCUT2D eigenvalue weighted by Gasteiger charge is 2.21. The predicted molar refractivity (Wildman–Crippen MR) is 133 cm³/mol. The number of hydrogen-bond acceptors (Lipinski definition) is 7. The number of morpholine rings is 1. The largest absolute Gasteiger partial charge is 0.480 e.